The van der Waals surface area contributed by atoms with E-state index in [9.17, 15) is 9.59 Å². The van der Waals surface area contributed by atoms with Crippen LogP contribution in [-0.2, 0) is 6.54 Å². The zero-order valence-electron chi connectivity index (χ0n) is 14.1. The van der Waals surface area contributed by atoms with Gasteiger partial charge in [-0.3, -0.25) is 9.59 Å². The summed E-state index contributed by atoms with van der Waals surface area (Å²) in [5, 5.41) is 3.43. The molecule has 0 spiro atoms. The van der Waals surface area contributed by atoms with Crippen LogP contribution in [0.15, 0.2) is 71.7 Å². The maximum absolute atomic E-state index is 12.5. The second kappa shape index (κ2) is 7.89. The summed E-state index contributed by atoms with van der Waals surface area (Å²) >= 11 is 5.88. The largest absolute Gasteiger partial charge is 0.497 e. The Balaban J connectivity index is 1.78. The SMILES string of the molecule is COc1ccc(NC(=O)c2ccc(=O)n(Cc3ccc(Cl)cc3)c2)cc1. The second-order valence-electron chi connectivity index (χ2n) is 5.69. The van der Waals surface area contributed by atoms with Crippen molar-refractivity contribution in [1.82, 2.24) is 4.57 Å². The number of aromatic nitrogens is 1. The number of nitrogens with one attached hydrogen (secondary N) is 1. The van der Waals surface area contributed by atoms with Crippen LogP contribution in [0.4, 0.5) is 5.69 Å². The van der Waals surface area contributed by atoms with Crippen molar-refractivity contribution < 1.29 is 9.53 Å². The van der Waals surface area contributed by atoms with Crippen molar-refractivity contribution in [1.29, 1.82) is 0 Å². The molecule has 0 radical (unpaired) electrons. The number of anilines is 1. The van der Waals surface area contributed by atoms with Gasteiger partial charge in [0.05, 0.1) is 19.2 Å². The highest BCUT2D eigenvalue weighted by molar-refractivity contribution is 6.30. The van der Waals surface area contributed by atoms with Gasteiger partial charge in [0.25, 0.3) is 11.5 Å². The fourth-order valence-electron chi connectivity index (χ4n) is 2.45. The maximum atomic E-state index is 12.5. The highest BCUT2D eigenvalue weighted by Gasteiger charge is 2.09. The molecule has 0 aliphatic rings. The number of nitrogens with zero attached hydrogens (tertiary/aromatic N) is 1. The Labute approximate surface area is 155 Å². The first-order chi connectivity index (χ1) is 12.5. The highest BCUT2D eigenvalue weighted by Crippen LogP contribution is 2.16. The van der Waals surface area contributed by atoms with E-state index in [1.54, 1.807) is 49.7 Å². The van der Waals surface area contributed by atoms with E-state index in [2.05, 4.69) is 5.32 Å². The van der Waals surface area contributed by atoms with Crippen LogP contribution in [0.25, 0.3) is 0 Å². The van der Waals surface area contributed by atoms with Crippen LogP contribution in [0.3, 0.4) is 0 Å². The molecule has 0 saturated heterocycles. The zero-order valence-corrected chi connectivity index (χ0v) is 14.9. The molecule has 132 valence electrons. The standard InChI is InChI=1S/C20H17ClN2O3/c1-26-18-9-7-17(8-10-18)22-20(25)15-4-11-19(24)23(13-15)12-14-2-5-16(21)6-3-14/h2-11,13H,12H2,1H3,(H,22,25). The fourth-order valence-corrected chi connectivity index (χ4v) is 2.58. The lowest BCUT2D eigenvalue weighted by molar-refractivity contribution is 0.102. The number of hydrogen-bond donors (Lipinski definition) is 1. The molecule has 3 rings (SSSR count). The molecule has 1 aromatic heterocycles. The second-order valence-corrected chi connectivity index (χ2v) is 6.13. The predicted molar refractivity (Wildman–Crippen MR) is 102 cm³/mol. The van der Waals surface area contributed by atoms with Crippen molar-refractivity contribution in [2.75, 3.05) is 12.4 Å². The normalized spacial score (nSPS) is 10.4. The summed E-state index contributed by atoms with van der Waals surface area (Å²) in [6.45, 7) is 0.361. The van der Waals surface area contributed by atoms with Crippen molar-refractivity contribution in [2.45, 2.75) is 6.54 Å². The zero-order chi connectivity index (χ0) is 18.5. The number of hydrogen-bond acceptors (Lipinski definition) is 3. The minimum atomic E-state index is -0.292. The molecule has 3 aromatic rings. The van der Waals surface area contributed by atoms with Gasteiger partial charge in [-0.2, -0.15) is 0 Å². The molecule has 1 heterocycles. The maximum Gasteiger partial charge on any atom is 0.257 e. The van der Waals surface area contributed by atoms with Gasteiger partial charge in [0.1, 0.15) is 5.75 Å². The summed E-state index contributed by atoms with van der Waals surface area (Å²) in [4.78, 5) is 24.5. The van der Waals surface area contributed by atoms with Gasteiger partial charge in [-0.25, -0.2) is 0 Å². The molecule has 1 N–H and O–H groups in total. The number of amides is 1. The molecule has 0 saturated carbocycles. The van der Waals surface area contributed by atoms with E-state index in [4.69, 9.17) is 16.3 Å². The number of methoxy groups -OCH3 is 1. The Morgan fingerprint density at radius 3 is 2.38 bits per heavy atom. The summed E-state index contributed by atoms with van der Waals surface area (Å²) in [6, 6.07) is 17.1. The van der Waals surface area contributed by atoms with Crippen molar-refractivity contribution in [3.8, 4) is 5.75 Å². The van der Waals surface area contributed by atoms with Crippen LogP contribution in [0.5, 0.6) is 5.75 Å². The van der Waals surface area contributed by atoms with Gasteiger partial charge in [0.2, 0.25) is 0 Å². The van der Waals surface area contributed by atoms with E-state index in [1.165, 1.54) is 16.7 Å². The van der Waals surface area contributed by atoms with Gasteiger partial charge in [-0.1, -0.05) is 23.7 Å². The molecule has 1 amide bonds. The van der Waals surface area contributed by atoms with Gasteiger partial charge in [0.15, 0.2) is 0 Å². The molecule has 6 heteroatoms. The first kappa shape index (κ1) is 17.8. The van der Waals surface area contributed by atoms with Crippen LogP contribution < -0.4 is 15.6 Å². The Bertz CT molecular complexity index is 964. The van der Waals surface area contributed by atoms with Crippen molar-refractivity contribution >= 4 is 23.2 Å². The van der Waals surface area contributed by atoms with Crippen LogP contribution >= 0.6 is 11.6 Å². The first-order valence-electron chi connectivity index (χ1n) is 7.95. The predicted octanol–water partition coefficient (Wildman–Crippen LogP) is 3.81. The molecule has 0 aliphatic carbocycles. The summed E-state index contributed by atoms with van der Waals surface area (Å²) in [7, 11) is 1.58. The molecular weight excluding hydrogens is 352 g/mol. The number of carbonyl (C=O) groups excluding carboxylic acids is 1. The van der Waals surface area contributed by atoms with E-state index in [-0.39, 0.29) is 11.5 Å². The topological polar surface area (TPSA) is 60.3 Å². The average Bonchev–Trinajstić information content (AvgIpc) is 2.66. The molecule has 2 aromatic carbocycles. The van der Waals surface area contributed by atoms with E-state index in [0.29, 0.717) is 28.6 Å². The molecule has 0 atom stereocenters. The van der Waals surface area contributed by atoms with Crippen LogP contribution in [0.2, 0.25) is 5.02 Å². The summed E-state index contributed by atoms with van der Waals surface area (Å²) in [5.41, 5.74) is 1.78. The van der Waals surface area contributed by atoms with Gasteiger partial charge in [0, 0.05) is 23.0 Å². The Hall–Kier alpha value is -3.05. The van der Waals surface area contributed by atoms with Crippen molar-refractivity contribution in [2.24, 2.45) is 0 Å². The van der Waals surface area contributed by atoms with E-state index < -0.39 is 0 Å². The number of halogens is 1. The summed E-state index contributed by atoms with van der Waals surface area (Å²) in [6.07, 6.45) is 1.55. The van der Waals surface area contributed by atoms with Gasteiger partial charge in [-0.05, 0) is 48.0 Å². The van der Waals surface area contributed by atoms with Crippen LogP contribution in [0.1, 0.15) is 15.9 Å². The summed E-state index contributed by atoms with van der Waals surface area (Å²) in [5.74, 6) is 0.416. The minimum absolute atomic E-state index is 0.180. The number of ether oxygens (including phenoxy) is 1. The lowest BCUT2D eigenvalue weighted by Gasteiger charge is -2.10. The highest BCUT2D eigenvalue weighted by atomic mass is 35.5. The van der Waals surface area contributed by atoms with E-state index >= 15 is 0 Å². The lowest BCUT2D eigenvalue weighted by atomic mass is 10.2. The molecule has 0 unspecified atom stereocenters. The third-order valence-corrected chi connectivity index (χ3v) is 4.11. The van der Waals surface area contributed by atoms with E-state index in [1.807, 2.05) is 12.1 Å². The number of carbonyl (C=O) groups is 1. The quantitative estimate of drug-likeness (QED) is 0.745. The Morgan fingerprint density at radius 1 is 1.04 bits per heavy atom. The average molecular weight is 369 g/mol. The third kappa shape index (κ3) is 4.32. The molecule has 0 bridgehead atoms. The third-order valence-electron chi connectivity index (χ3n) is 3.86. The Kier molecular flexibility index (Phi) is 5.39. The summed E-state index contributed by atoms with van der Waals surface area (Å²) < 4.78 is 6.58. The van der Waals surface area contributed by atoms with Crippen molar-refractivity contribution in [3.05, 3.63) is 93.4 Å². The van der Waals surface area contributed by atoms with Crippen molar-refractivity contribution in [3.63, 3.8) is 0 Å². The number of rotatable bonds is 5. The van der Waals surface area contributed by atoms with Gasteiger partial charge < -0.3 is 14.6 Å². The molecule has 5 nitrogen and oxygen atoms in total. The first-order valence-corrected chi connectivity index (χ1v) is 8.33. The van der Waals surface area contributed by atoms with Gasteiger partial charge >= 0.3 is 0 Å². The smallest absolute Gasteiger partial charge is 0.257 e. The monoisotopic (exact) mass is 368 g/mol. The molecule has 26 heavy (non-hydrogen) atoms. The number of benzene rings is 2. The lowest BCUT2D eigenvalue weighted by Crippen LogP contribution is -2.22. The minimum Gasteiger partial charge on any atom is -0.497 e. The fraction of sp³-hybridized carbons (Fsp3) is 0.100. The molecular formula is C20H17ClN2O3. The van der Waals surface area contributed by atoms with Crippen LogP contribution in [-0.4, -0.2) is 17.6 Å². The van der Waals surface area contributed by atoms with E-state index in [0.717, 1.165) is 5.56 Å². The van der Waals surface area contributed by atoms with Crippen LogP contribution in [0, 0.1) is 0 Å². The molecule has 0 fully saturated rings. The molecule has 0 aliphatic heterocycles. The number of pyridine rings is 1. The van der Waals surface area contributed by atoms with Gasteiger partial charge in [-0.15, -0.1) is 0 Å². The Morgan fingerprint density at radius 2 is 1.73 bits per heavy atom.